The molecule has 8 heteroatoms. The van der Waals surface area contributed by atoms with Gasteiger partial charge in [-0.25, -0.2) is 4.79 Å². The normalized spacial score (nSPS) is 11.1. The SMILES string of the molecule is Cc1ccccc1C(=O)NCCC(=O)OC(C)C(=O)NC(=O)NCc1ccccc1. The number of rotatable bonds is 8. The highest BCUT2D eigenvalue weighted by Crippen LogP contribution is 2.06. The van der Waals surface area contributed by atoms with Gasteiger partial charge in [0.05, 0.1) is 6.42 Å². The minimum absolute atomic E-state index is 0.0674. The fourth-order valence-corrected chi connectivity index (χ4v) is 2.55. The summed E-state index contributed by atoms with van der Waals surface area (Å²) >= 11 is 0. The van der Waals surface area contributed by atoms with E-state index in [1.165, 1.54) is 6.92 Å². The first kappa shape index (κ1) is 22.6. The van der Waals surface area contributed by atoms with Crippen molar-refractivity contribution in [3.05, 3.63) is 71.3 Å². The smallest absolute Gasteiger partial charge is 0.321 e. The van der Waals surface area contributed by atoms with Crippen molar-refractivity contribution in [2.75, 3.05) is 6.54 Å². The summed E-state index contributed by atoms with van der Waals surface area (Å²) in [5.41, 5.74) is 2.24. The fourth-order valence-electron chi connectivity index (χ4n) is 2.55. The lowest BCUT2D eigenvalue weighted by atomic mass is 10.1. The maximum absolute atomic E-state index is 12.1. The van der Waals surface area contributed by atoms with Gasteiger partial charge in [0.25, 0.3) is 11.8 Å². The van der Waals surface area contributed by atoms with Gasteiger partial charge in [-0.3, -0.25) is 19.7 Å². The second kappa shape index (κ2) is 11.4. The van der Waals surface area contributed by atoms with E-state index < -0.39 is 24.0 Å². The predicted molar refractivity (Wildman–Crippen MR) is 111 cm³/mol. The maximum atomic E-state index is 12.1. The van der Waals surface area contributed by atoms with E-state index in [-0.39, 0.29) is 25.4 Å². The summed E-state index contributed by atoms with van der Waals surface area (Å²) in [4.78, 5) is 47.8. The molecule has 0 saturated heterocycles. The number of urea groups is 1. The van der Waals surface area contributed by atoms with Crippen molar-refractivity contribution < 1.29 is 23.9 Å². The van der Waals surface area contributed by atoms with Crippen LogP contribution in [0.2, 0.25) is 0 Å². The van der Waals surface area contributed by atoms with Crippen LogP contribution in [0, 0.1) is 6.92 Å². The van der Waals surface area contributed by atoms with Crippen molar-refractivity contribution in [1.82, 2.24) is 16.0 Å². The van der Waals surface area contributed by atoms with Crippen LogP contribution in [-0.2, 0) is 20.9 Å². The lowest BCUT2D eigenvalue weighted by Gasteiger charge is -2.14. The van der Waals surface area contributed by atoms with Crippen molar-refractivity contribution in [3.63, 3.8) is 0 Å². The summed E-state index contributed by atoms with van der Waals surface area (Å²) in [7, 11) is 0. The standard InChI is InChI=1S/C22H25N3O5/c1-15-8-6-7-11-18(15)21(28)23-13-12-19(26)30-16(2)20(27)25-22(29)24-14-17-9-4-3-5-10-17/h3-11,16H,12-14H2,1-2H3,(H,23,28)(H2,24,25,27,29). The van der Waals surface area contributed by atoms with Crippen LogP contribution in [0.3, 0.4) is 0 Å². The monoisotopic (exact) mass is 411 g/mol. The zero-order chi connectivity index (χ0) is 21.9. The van der Waals surface area contributed by atoms with Crippen LogP contribution in [0.5, 0.6) is 0 Å². The summed E-state index contributed by atoms with van der Waals surface area (Å²) in [6.07, 6.45) is -1.25. The van der Waals surface area contributed by atoms with E-state index in [1.54, 1.807) is 12.1 Å². The molecule has 0 aliphatic heterocycles. The topological polar surface area (TPSA) is 114 Å². The molecule has 0 saturated carbocycles. The molecule has 2 aromatic carbocycles. The van der Waals surface area contributed by atoms with Gasteiger partial charge in [0, 0.05) is 18.7 Å². The zero-order valence-electron chi connectivity index (χ0n) is 16.9. The minimum Gasteiger partial charge on any atom is -0.452 e. The molecule has 0 fully saturated rings. The molecule has 8 nitrogen and oxygen atoms in total. The van der Waals surface area contributed by atoms with Crippen LogP contribution in [0.15, 0.2) is 54.6 Å². The van der Waals surface area contributed by atoms with Gasteiger partial charge in [-0.1, -0.05) is 48.5 Å². The first-order chi connectivity index (χ1) is 14.4. The Morgan fingerprint density at radius 1 is 0.933 bits per heavy atom. The average Bonchev–Trinajstić information content (AvgIpc) is 2.73. The number of carbonyl (C=O) groups is 4. The average molecular weight is 411 g/mol. The lowest BCUT2D eigenvalue weighted by Crippen LogP contribution is -2.44. The van der Waals surface area contributed by atoms with Gasteiger partial charge >= 0.3 is 12.0 Å². The quantitative estimate of drug-likeness (QED) is 0.576. The molecule has 1 atom stereocenters. The van der Waals surface area contributed by atoms with E-state index in [0.717, 1.165) is 11.1 Å². The van der Waals surface area contributed by atoms with Gasteiger partial charge in [0.2, 0.25) is 0 Å². The largest absolute Gasteiger partial charge is 0.452 e. The third kappa shape index (κ3) is 7.38. The molecule has 1 unspecified atom stereocenters. The Kier molecular flexibility index (Phi) is 8.56. The molecule has 2 aromatic rings. The Morgan fingerprint density at radius 3 is 2.30 bits per heavy atom. The van der Waals surface area contributed by atoms with Gasteiger partial charge in [-0.15, -0.1) is 0 Å². The second-order valence-electron chi connectivity index (χ2n) is 6.61. The highest BCUT2D eigenvalue weighted by molar-refractivity contribution is 5.97. The number of imide groups is 1. The molecule has 0 bridgehead atoms. The van der Waals surface area contributed by atoms with E-state index >= 15 is 0 Å². The number of hydrogen-bond acceptors (Lipinski definition) is 5. The molecule has 30 heavy (non-hydrogen) atoms. The molecule has 0 aromatic heterocycles. The van der Waals surface area contributed by atoms with Gasteiger partial charge in [-0.05, 0) is 31.0 Å². The number of hydrogen-bond donors (Lipinski definition) is 3. The van der Waals surface area contributed by atoms with Crippen molar-refractivity contribution >= 4 is 23.8 Å². The summed E-state index contributed by atoms with van der Waals surface area (Å²) in [5, 5.41) is 7.30. The molecule has 0 aliphatic carbocycles. The zero-order valence-corrected chi connectivity index (χ0v) is 16.9. The maximum Gasteiger partial charge on any atom is 0.321 e. The Hall–Kier alpha value is -3.68. The molecular formula is C22H25N3O5. The van der Waals surface area contributed by atoms with Crippen molar-refractivity contribution in [1.29, 1.82) is 0 Å². The van der Waals surface area contributed by atoms with Gasteiger partial charge < -0.3 is 15.4 Å². The third-order valence-corrected chi connectivity index (χ3v) is 4.21. The molecular weight excluding hydrogens is 386 g/mol. The van der Waals surface area contributed by atoms with E-state index in [1.807, 2.05) is 49.4 Å². The van der Waals surface area contributed by atoms with Gasteiger partial charge in [-0.2, -0.15) is 0 Å². The summed E-state index contributed by atoms with van der Waals surface area (Å²) in [6, 6.07) is 15.6. The number of benzene rings is 2. The van der Waals surface area contributed by atoms with Crippen molar-refractivity contribution in [2.45, 2.75) is 32.9 Å². The molecule has 2 rings (SSSR count). The number of nitrogens with one attached hydrogen (secondary N) is 3. The van der Waals surface area contributed by atoms with Crippen LogP contribution in [-0.4, -0.2) is 36.5 Å². The highest BCUT2D eigenvalue weighted by atomic mass is 16.5. The van der Waals surface area contributed by atoms with Crippen molar-refractivity contribution in [3.8, 4) is 0 Å². The summed E-state index contributed by atoms with van der Waals surface area (Å²) in [5.74, 6) is -1.69. The third-order valence-electron chi connectivity index (χ3n) is 4.21. The number of carbonyl (C=O) groups excluding carboxylic acids is 4. The van der Waals surface area contributed by atoms with E-state index in [2.05, 4.69) is 16.0 Å². The number of aryl methyl sites for hydroxylation is 1. The van der Waals surface area contributed by atoms with Crippen LogP contribution in [0.25, 0.3) is 0 Å². The molecule has 0 aliphatic rings. The van der Waals surface area contributed by atoms with E-state index in [4.69, 9.17) is 4.74 Å². The van der Waals surface area contributed by atoms with Crippen LogP contribution in [0.1, 0.15) is 34.8 Å². The fraction of sp³-hybridized carbons (Fsp3) is 0.273. The molecule has 0 spiro atoms. The first-order valence-corrected chi connectivity index (χ1v) is 9.52. The number of ether oxygens (including phenoxy) is 1. The minimum atomic E-state index is -1.15. The van der Waals surface area contributed by atoms with Gasteiger partial charge in [0.15, 0.2) is 6.10 Å². The van der Waals surface area contributed by atoms with Crippen LogP contribution >= 0.6 is 0 Å². The Balaban J connectivity index is 1.67. The number of amides is 4. The molecule has 158 valence electrons. The van der Waals surface area contributed by atoms with Gasteiger partial charge in [0.1, 0.15) is 0 Å². The molecule has 0 heterocycles. The molecule has 4 amide bonds. The highest BCUT2D eigenvalue weighted by Gasteiger charge is 2.20. The van der Waals surface area contributed by atoms with Crippen molar-refractivity contribution in [2.24, 2.45) is 0 Å². The lowest BCUT2D eigenvalue weighted by molar-refractivity contribution is -0.154. The number of esters is 1. The summed E-state index contributed by atoms with van der Waals surface area (Å²) < 4.78 is 5.00. The molecule has 3 N–H and O–H groups in total. The first-order valence-electron chi connectivity index (χ1n) is 9.52. The van der Waals surface area contributed by atoms with Crippen LogP contribution < -0.4 is 16.0 Å². The Bertz CT molecular complexity index is 899. The van der Waals surface area contributed by atoms with E-state index in [9.17, 15) is 19.2 Å². The summed E-state index contributed by atoms with van der Waals surface area (Å²) in [6.45, 7) is 3.51. The predicted octanol–water partition coefficient (Wildman–Crippen LogP) is 2.07. The Morgan fingerprint density at radius 2 is 1.60 bits per heavy atom. The second-order valence-corrected chi connectivity index (χ2v) is 6.61. The van der Waals surface area contributed by atoms with E-state index in [0.29, 0.717) is 5.56 Å². The van der Waals surface area contributed by atoms with Crippen LogP contribution in [0.4, 0.5) is 4.79 Å². The Labute approximate surface area is 175 Å². The molecule has 0 radical (unpaired) electrons.